The van der Waals surface area contributed by atoms with E-state index in [1.807, 2.05) is 0 Å². The molecule has 0 aromatic heterocycles. The van der Waals surface area contributed by atoms with Crippen LogP contribution in [-0.4, -0.2) is 10.3 Å². The van der Waals surface area contributed by atoms with Crippen LogP contribution < -0.4 is 0 Å². The molecule has 0 saturated carbocycles. The lowest BCUT2D eigenvalue weighted by Crippen LogP contribution is -1.88. The second-order valence-corrected chi connectivity index (χ2v) is 2.67. The summed E-state index contributed by atoms with van der Waals surface area (Å²) >= 11 is 5.20. The lowest BCUT2D eigenvalue weighted by molar-refractivity contribution is 0.108. The second kappa shape index (κ2) is 2.93. The monoisotopic (exact) mass is 170 g/mol. The van der Waals surface area contributed by atoms with Gasteiger partial charge in [0.1, 0.15) is 5.75 Å². The smallest absolute Gasteiger partial charge is 0.252 e. The molecule has 0 aliphatic heterocycles. The molecular weight excluding hydrogens is 164 g/mol. The fourth-order valence-corrected chi connectivity index (χ4v) is 0.985. The Kier molecular flexibility index (Phi) is 2.15. The van der Waals surface area contributed by atoms with Crippen molar-refractivity contribution in [1.82, 2.24) is 0 Å². The standard InChI is InChI=1S/C8H7ClO2/c1-5-2-6(8(9)11)4-7(10)3-5/h2-4,10H,1H3. The molecule has 0 radical (unpaired) electrons. The van der Waals surface area contributed by atoms with E-state index in [0.29, 0.717) is 5.56 Å². The van der Waals surface area contributed by atoms with E-state index in [1.165, 1.54) is 6.07 Å². The number of halogens is 1. The van der Waals surface area contributed by atoms with Gasteiger partial charge in [-0.15, -0.1) is 0 Å². The number of rotatable bonds is 1. The first kappa shape index (κ1) is 8.08. The molecule has 0 aliphatic carbocycles. The number of carbonyl (C=O) groups is 1. The summed E-state index contributed by atoms with van der Waals surface area (Å²) in [5.41, 5.74) is 1.14. The molecule has 0 unspecified atom stereocenters. The molecule has 0 aliphatic rings. The minimum absolute atomic E-state index is 0.0639. The van der Waals surface area contributed by atoms with Gasteiger partial charge in [-0.2, -0.15) is 0 Å². The highest BCUT2D eigenvalue weighted by molar-refractivity contribution is 6.67. The Hall–Kier alpha value is -1.02. The number of hydrogen-bond acceptors (Lipinski definition) is 2. The molecule has 1 N–H and O–H groups in total. The third kappa shape index (κ3) is 1.95. The summed E-state index contributed by atoms with van der Waals surface area (Å²) in [5, 5.41) is 8.48. The maximum Gasteiger partial charge on any atom is 0.252 e. The van der Waals surface area contributed by atoms with Crippen LogP contribution in [0.5, 0.6) is 5.75 Å². The van der Waals surface area contributed by atoms with Gasteiger partial charge in [-0.1, -0.05) is 0 Å². The number of aromatic hydroxyl groups is 1. The molecule has 2 nitrogen and oxygen atoms in total. The summed E-state index contributed by atoms with van der Waals surface area (Å²) in [6.45, 7) is 1.78. The Bertz CT molecular complexity index is 274. The normalized spacial score (nSPS) is 9.64. The minimum Gasteiger partial charge on any atom is -0.508 e. The molecule has 0 spiro atoms. The largest absolute Gasteiger partial charge is 0.508 e. The summed E-state index contributed by atoms with van der Waals surface area (Å²) in [6, 6.07) is 4.51. The maximum absolute atomic E-state index is 10.6. The predicted molar refractivity (Wildman–Crippen MR) is 43.0 cm³/mol. The molecule has 0 heterocycles. The van der Waals surface area contributed by atoms with Crippen molar-refractivity contribution in [1.29, 1.82) is 0 Å². The molecule has 0 bridgehead atoms. The van der Waals surface area contributed by atoms with Crippen molar-refractivity contribution in [2.75, 3.05) is 0 Å². The first-order chi connectivity index (χ1) is 5.09. The van der Waals surface area contributed by atoms with Gasteiger partial charge in [0.25, 0.3) is 5.24 Å². The van der Waals surface area contributed by atoms with Crippen LogP contribution in [0.4, 0.5) is 0 Å². The Balaban J connectivity index is 3.19. The van der Waals surface area contributed by atoms with Gasteiger partial charge in [-0.05, 0) is 42.3 Å². The zero-order valence-electron chi connectivity index (χ0n) is 5.97. The lowest BCUT2D eigenvalue weighted by Gasteiger charge is -1.97. The molecule has 1 rings (SSSR count). The van der Waals surface area contributed by atoms with E-state index < -0.39 is 5.24 Å². The maximum atomic E-state index is 10.6. The zero-order chi connectivity index (χ0) is 8.43. The van der Waals surface area contributed by atoms with Crippen molar-refractivity contribution in [3.63, 3.8) is 0 Å². The molecule has 11 heavy (non-hydrogen) atoms. The molecule has 0 amide bonds. The number of hydrogen-bond donors (Lipinski definition) is 1. The first-order valence-corrected chi connectivity index (χ1v) is 3.48. The van der Waals surface area contributed by atoms with E-state index in [9.17, 15) is 4.79 Å². The fraction of sp³-hybridized carbons (Fsp3) is 0.125. The number of carbonyl (C=O) groups excluding carboxylic acids is 1. The molecule has 0 fully saturated rings. The van der Waals surface area contributed by atoms with Crippen molar-refractivity contribution >= 4 is 16.8 Å². The van der Waals surface area contributed by atoms with E-state index in [-0.39, 0.29) is 5.75 Å². The van der Waals surface area contributed by atoms with Crippen LogP contribution in [0.1, 0.15) is 15.9 Å². The molecule has 0 saturated heterocycles. The van der Waals surface area contributed by atoms with Crippen LogP contribution in [0.15, 0.2) is 18.2 Å². The van der Waals surface area contributed by atoms with Crippen molar-refractivity contribution in [2.45, 2.75) is 6.92 Å². The van der Waals surface area contributed by atoms with Crippen molar-refractivity contribution < 1.29 is 9.90 Å². The van der Waals surface area contributed by atoms with Gasteiger partial charge in [-0.3, -0.25) is 4.79 Å². The molecule has 0 atom stereocenters. The SMILES string of the molecule is Cc1cc(O)cc(C(=O)Cl)c1. The Morgan fingerprint density at radius 3 is 2.55 bits per heavy atom. The highest BCUT2D eigenvalue weighted by Crippen LogP contribution is 2.16. The van der Waals surface area contributed by atoms with E-state index in [4.69, 9.17) is 16.7 Å². The molecule has 1 aromatic carbocycles. The van der Waals surface area contributed by atoms with Gasteiger partial charge < -0.3 is 5.11 Å². The Labute approximate surface area is 69.4 Å². The number of phenolic OH excluding ortho intramolecular Hbond substituents is 1. The lowest BCUT2D eigenvalue weighted by atomic mass is 10.1. The average Bonchev–Trinajstić information content (AvgIpc) is 1.85. The summed E-state index contributed by atoms with van der Waals surface area (Å²) in [5.74, 6) is 0.0639. The third-order valence-corrected chi connectivity index (χ3v) is 1.51. The Morgan fingerprint density at radius 2 is 2.09 bits per heavy atom. The first-order valence-electron chi connectivity index (χ1n) is 3.10. The minimum atomic E-state index is -0.552. The zero-order valence-corrected chi connectivity index (χ0v) is 6.72. The van der Waals surface area contributed by atoms with Crippen LogP contribution in [0.2, 0.25) is 0 Å². The summed E-state index contributed by atoms with van der Waals surface area (Å²) < 4.78 is 0. The number of aryl methyl sites for hydroxylation is 1. The van der Waals surface area contributed by atoms with Crippen molar-refractivity contribution in [2.24, 2.45) is 0 Å². The van der Waals surface area contributed by atoms with Gasteiger partial charge in [0.2, 0.25) is 0 Å². The molecule has 1 aromatic rings. The van der Waals surface area contributed by atoms with E-state index >= 15 is 0 Å². The van der Waals surface area contributed by atoms with Gasteiger partial charge >= 0.3 is 0 Å². The van der Waals surface area contributed by atoms with E-state index in [0.717, 1.165) is 5.56 Å². The number of phenols is 1. The third-order valence-electron chi connectivity index (χ3n) is 1.29. The van der Waals surface area contributed by atoms with Gasteiger partial charge in [0.15, 0.2) is 0 Å². The van der Waals surface area contributed by atoms with Crippen LogP contribution in [-0.2, 0) is 0 Å². The fourth-order valence-electron chi connectivity index (χ4n) is 0.876. The summed E-state index contributed by atoms with van der Waals surface area (Å²) in [4.78, 5) is 10.6. The highest BCUT2D eigenvalue weighted by atomic mass is 35.5. The predicted octanol–water partition coefficient (Wildman–Crippen LogP) is 2.08. The van der Waals surface area contributed by atoms with Crippen LogP contribution in [0.3, 0.4) is 0 Å². The van der Waals surface area contributed by atoms with Crippen molar-refractivity contribution in [3.8, 4) is 5.75 Å². The Morgan fingerprint density at radius 1 is 1.45 bits per heavy atom. The molecule has 3 heteroatoms. The number of benzene rings is 1. The van der Waals surface area contributed by atoms with Crippen LogP contribution in [0.25, 0.3) is 0 Å². The molecule has 58 valence electrons. The highest BCUT2D eigenvalue weighted by Gasteiger charge is 2.02. The van der Waals surface area contributed by atoms with Gasteiger partial charge in [0, 0.05) is 5.56 Å². The summed E-state index contributed by atoms with van der Waals surface area (Å²) in [6.07, 6.45) is 0. The van der Waals surface area contributed by atoms with Crippen LogP contribution in [0, 0.1) is 6.92 Å². The van der Waals surface area contributed by atoms with Crippen molar-refractivity contribution in [3.05, 3.63) is 29.3 Å². The second-order valence-electron chi connectivity index (χ2n) is 2.33. The molecular formula is C8H7ClO2. The topological polar surface area (TPSA) is 37.3 Å². The average molecular weight is 171 g/mol. The van der Waals surface area contributed by atoms with E-state index in [1.54, 1.807) is 19.1 Å². The van der Waals surface area contributed by atoms with E-state index in [2.05, 4.69) is 0 Å². The van der Waals surface area contributed by atoms with Gasteiger partial charge in [-0.25, -0.2) is 0 Å². The quantitative estimate of drug-likeness (QED) is 0.656. The van der Waals surface area contributed by atoms with Crippen LogP contribution >= 0.6 is 11.6 Å². The van der Waals surface area contributed by atoms with Gasteiger partial charge in [0.05, 0.1) is 0 Å². The summed E-state index contributed by atoms with van der Waals surface area (Å²) in [7, 11) is 0.